The van der Waals surface area contributed by atoms with Crippen molar-refractivity contribution in [2.45, 2.75) is 33.4 Å². The molecule has 2 aliphatic heterocycles. The van der Waals surface area contributed by atoms with Gasteiger partial charge in [0.2, 0.25) is 0 Å². The van der Waals surface area contributed by atoms with Crippen LogP contribution in [0, 0.1) is 6.92 Å². The number of hydrogen-bond acceptors (Lipinski definition) is 7. The molecule has 0 atom stereocenters. The van der Waals surface area contributed by atoms with Gasteiger partial charge in [-0.1, -0.05) is 30.3 Å². The van der Waals surface area contributed by atoms with E-state index in [0.29, 0.717) is 61.7 Å². The van der Waals surface area contributed by atoms with Crippen LogP contribution >= 0.6 is 12.3 Å². The van der Waals surface area contributed by atoms with Crippen LogP contribution in [-0.4, -0.2) is 40.5 Å². The van der Waals surface area contributed by atoms with E-state index in [1.54, 1.807) is 15.9 Å². The Morgan fingerprint density at radius 3 is 2.47 bits per heavy atom. The van der Waals surface area contributed by atoms with Gasteiger partial charge in [-0.25, -0.2) is 9.59 Å². The third kappa shape index (κ3) is 5.58. The average Bonchev–Trinajstić information content (AvgIpc) is 3.33. The van der Waals surface area contributed by atoms with Crippen LogP contribution in [0.3, 0.4) is 0 Å². The van der Waals surface area contributed by atoms with Gasteiger partial charge < -0.3 is 27.5 Å². The van der Waals surface area contributed by atoms with Crippen molar-refractivity contribution in [3.05, 3.63) is 106 Å². The third-order valence-electron chi connectivity index (χ3n) is 8.04. The van der Waals surface area contributed by atoms with Crippen LogP contribution in [0.25, 0.3) is 11.3 Å². The van der Waals surface area contributed by atoms with Crippen molar-refractivity contribution in [2.24, 2.45) is 7.05 Å². The monoisotopic (exact) mass is 597 g/mol. The quantitative estimate of drug-likeness (QED) is 0.226. The SMILES string of the molecule is CCN(C(=O)c1cc(-c2cc3c4cc2C(=O)OSOC(=O)N(CC3)C4)n(C)c1C)c1ccc(OCc2ccccc2)cc1. The van der Waals surface area contributed by atoms with E-state index in [4.69, 9.17) is 13.1 Å². The summed E-state index contributed by atoms with van der Waals surface area (Å²) >= 11 is 0.369. The molecule has 0 saturated heterocycles. The Morgan fingerprint density at radius 2 is 1.72 bits per heavy atom. The van der Waals surface area contributed by atoms with Gasteiger partial charge in [0, 0.05) is 49.3 Å². The molecule has 0 unspecified atom stereocenters. The van der Waals surface area contributed by atoms with E-state index in [2.05, 4.69) is 0 Å². The zero-order chi connectivity index (χ0) is 30.1. The van der Waals surface area contributed by atoms with Gasteiger partial charge in [0.25, 0.3) is 18.2 Å². The zero-order valence-corrected chi connectivity index (χ0v) is 25.0. The lowest BCUT2D eigenvalue weighted by atomic mass is 9.92. The highest BCUT2D eigenvalue weighted by atomic mass is 32.2. The highest BCUT2D eigenvalue weighted by molar-refractivity contribution is 7.90. The molecule has 3 bridgehead atoms. The number of carbonyl (C=O) groups is 3. The fourth-order valence-corrected chi connectivity index (χ4v) is 5.90. The summed E-state index contributed by atoms with van der Waals surface area (Å²) in [5, 5.41) is 0. The Balaban J connectivity index is 1.29. The van der Waals surface area contributed by atoms with Gasteiger partial charge in [-0.15, -0.1) is 0 Å². The molecular formula is C33H31N3O6S. The molecule has 9 nitrogen and oxygen atoms in total. The maximum atomic E-state index is 14.0. The number of nitrogens with zero attached hydrogens (tertiary/aromatic N) is 3. The molecule has 220 valence electrons. The van der Waals surface area contributed by atoms with E-state index in [1.165, 1.54) is 0 Å². The molecule has 0 saturated carbocycles. The lowest BCUT2D eigenvalue weighted by Gasteiger charge is -2.29. The molecule has 43 heavy (non-hydrogen) atoms. The van der Waals surface area contributed by atoms with E-state index in [9.17, 15) is 14.4 Å². The predicted octanol–water partition coefficient (Wildman–Crippen LogP) is 6.47. The average molecular weight is 598 g/mol. The fourth-order valence-electron chi connectivity index (χ4n) is 5.55. The number of ether oxygens (including phenoxy) is 1. The molecule has 10 heteroatoms. The standard InChI is InChI=1S/C33H31N3O6S/c1-4-36(25-10-12-26(13-11-25)40-20-22-8-6-5-7-9-22)31(37)27-18-30(34(3)21(27)2)28-16-23-14-15-35-19-24(23)17-29(28)32(38)41-43-42-33(35)39/h5-13,16-18H,4,14-15,19-20H2,1-3H3. The first-order chi connectivity index (χ1) is 20.8. The third-order valence-corrected chi connectivity index (χ3v) is 8.47. The van der Waals surface area contributed by atoms with Crippen molar-refractivity contribution in [1.82, 2.24) is 9.47 Å². The van der Waals surface area contributed by atoms with Crippen molar-refractivity contribution in [3.63, 3.8) is 0 Å². The molecule has 6 rings (SSSR count). The van der Waals surface area contributed by atoms with Crippen LogP contribution in [0.5, 0.6) is 5.75 Å². The van der Waals surface area contributed by atoms with Crippen molar-refractivity contribution < 1.29 is 27.5 Å². The first-order valence-electron chi connectivity index (χ1n) is 14.1. The molecule has 0 aliphatic carbocycles. The second-order valence-electron chi connectivity index (χ2n) is 10.5. The highest BCUT2D eigenvalue weighted by Gasteiger charge is 2.30. The summed E-state index contributed by atoms with van der Waals surface area (Å²) in [6.45, 7) is 5.61. The van der Waals surface area contributed by atoms with Gasteiger partial charge in [-0.2, -0.15) is 0 Å². The Bertz CT molecular complexity index is 1700. The predicted molar refractivity (Wildman–Crippen MR) is 164 cm³/mol. The minimum Gasteiger partial charge on any atom is -0.489 e. The molecule has 2 amide bonds. The molecule has 1 aromatic heterocycles. The lowest BCUT2D eigenvalue weighted by molar-refractivity contribution is 0.0749. The summed E-state index contributed by atoms with van der Waals surface area (Å²) in [4.78, 5) is 42.6. The molecule has 0 radical (unpaired) electrons. The zero-order valence-electron chi connectivity index (χ0n) is 24.2. The molecular weight excluding hydrogens is 566 g/mol. The van der Waals surface area contributed by atoms with Crippen LogP contribution in [0.1, 0.15) is 50.0 Å². The molecule has 2 aliphatic rings. The van der Waals surface area contributed by atoms with Crippen LogP contribution in [0.2, 0.25) is 0 Å². The smallest absolute Gasteiger partial charge is 0.424 e. The number of fused-ring (bicyclic) bond motifs is 2. The molecule has 0 N–H and O–H groups in total. The van der Waals surface area contributed by atoms with Crippen molar-refractivity contribution in [1.29, 1.82) is 0 Å². The second-order valence-corrected chi connectivity index (χ2v) is 11.0. The maximum Gasteiger partial charge on any atom is 0.424 e. The number of rotatable bonds is 7. The minimum atomic E-state index is -0.619. The first kappa shape index (κ1) is 28.4. The lowest BCUT2D eigenvalue weighted by Crippen LogP contribution is -2.36. The van der Waals surface area contributed by atoms with Gasteiger partial charge in [-0.05, 0) is 79.4 Å². The van der Waals surface area contributed by atoms with E-state index in [-0.39, 0.29) is 5.91 Å². The van der Waals surface area contributed by atoms with Crippen LogP contribution in [-0.2, 0) is 35.0 Å². The van der Waals surface area contributed by atoms with Gasteiger partial charge in [0.05, 0.1) is 11.1 Å². The molecule has 3 aromatic carbocycles. The number of aromatic nitrogens is 1. The summed E-state index contributed by atoms with van der Waals surface area (Å²) < 4.78 is 18.1. The highest BCUT2D eigenvalue weighted by Crippen LogP contribution is 2.35. The minimum absolute atomic E-state index is 0.144. The number of amides is 2. The molecule has 4 aromatic rings. The number of carbonyl (C=O) groups excluding carboxylic acids is 3. The van der Waals surface area contributed by atoms with Crippen LogP contribution < -0.4 is 9.64 Å². The topological polar surface area (TPSA) is 90.3 Å². The largest absolute Gasteiger partial charge is 0.489 e. The van der Waals surface area contributed by atoms with Crippen molar-refractivity contribution >= 4 is 36.0 Å². The Labute approximate surface area is 254 Å². The number of hydrogen-bond donors (Lipinski definition) is 0. The van der Waals surface area contributed by atoms with Crippen molar-refractivity contribution in [2.75, 3.05) is 18.0 Å². The van der Waals surface area contributed by atoms with E-state index in [1.807, 2.05) is 92.2 Å². The summed E-state index contributed by atoms with van der Waals surface area (Å²) in [6, 6.07) is 23.1. The van der Waals surface area contributed by atoms with E-state index >= 15 is 0 Å². The Hall–Kier alpha value is -4.70. The van der Waals surface area contributed by atoms with Gasteiger partial charge >= 0.3 is 12.1 Å². The Kier molecular flexibility index (Phi) is 7.86. The fraction of sp³-hybridized carbons (Fsp3) is 0.242. The van der Waals surface area contributed by atoms with Gasteiger partial charge in [0.15, 0.2) is 0 Å². The van der Waals surface area contributed by atoms with E-state index in [0.717, 1.165) is 39.5 Å². The van der Waals surface area contributed by atoms with Crippen LogP contribution in [0.4, 0.5) is 10.5 Å². The second kappa shape index (κ2) is 11.9. The first-order valence-corrected chi connectivity index (χ1v) is 14.8. The summed E-state index contributed by atoms with van der Waals surface area (Å²) in [7, 11) is 1.88. The summed E-state index contributed by atoms with van der Waals surface area (Å²) in [5.41, 5.74) is 6.80. The van der Waals surface area contributed by atoms with Crippen molar-refractivity contribution in [3.8, 4) is 17.0 Å². The number of benzene rings is 3. The van der Waals surface area contributed by atoms with Crippen LogP contribution in [0.15, 0.2) is 72.8 Å². The van der Waals surface area contributed by atoms with Gasteiger partial charge in [0.1, 0.15) is 12.4 Å². The van der Waals surface area contributed by atoms with E-state index < -0.39 is 12.1 Å². The number of anilines is 1. The molecule has 3 heterocycles. The normalized spacial score (nSPS) is 14.3. The molecule has 0 spiro atoms. The summed E-state index contributed by atoms with van der Waals surface area (Å²) in [6.07, 6.45) is 0.0911. The maximum absolute atomic E-state index is 14.0. The van der Waals surface area contributed by atoms with Gasteiger partial charge in [-0.3, -0.25) is 4.79 Å². The Morgan fingerprint density at radius 1 is 0.977 bits per heavy atom. The molecule has 0 fully saturated rings. The summed E-state index contributed by atoms with van der Waals surface area (Å²) in [5.74, 6) is -0.0441.